The van der Waals surface area contributed by atoms with Gasteiger partial charge in [0, 0.05) is 18.3 Å². The van der Waals surface area contributed by atoms with Gasteiger partial charge in [-0.05, 0) is 58.4 Å². The Balaban J connectivity index is 0.000000282. The van der Waals surface area contributed by atoms with Crippen LogP contribution in [-0.4, -0.2) is 60.7 Å². The normalized spacial score (nSPS) is 10.3. The maximum absolute atomic E-state index is 12.3. The second-order valence-corrected chi connectivity index (χ2v) is 8.57. The number of carbonyl (C=O) groups is 3. The molecule has 0 bridgehead atoms. The monoisotopic (exact) mass is 557 g/mol. The van der Waals surface area contributed by atoms with E-state index >= 15 is 0 Å². The number of imidazole rings is 1. The summed E-state index contributed by atoms with van der Waals surface area (Å²) in [7, 11) is 1.25. The lowest BCUT2D eigenvalue weighted by Gasteiger charge is -2.13. The fourth-order valence-corrected chi connectivity index (χ4v) is 3.40. The van der Waals surface area contributed by atoms with Crippen molar-refractivity contribution >= 4 is 40.9 Å². The quantitative estimate of drug-likeness (QED) is 0.257. The van der Waals surface area contributed by atoms with Crippen molar-refractivity contribution in [2.24, 2.45) is 0 Å². The van der Waals surface area contributed by atoms with Crippen LogP contribution >= 0.6 is 0 Å². The summed E-state index contributed by atoms with van der Waals surface area (Å²) in [6, 6.07) is 12.1. The second-order valence-electron chi connectivity index (χ2n) is 8.57. The molecule has 218 valence electrons. The van der Waals surface area contributed by atoms with Gasteiger partial charge in [0.2, 0.25) is 5.95 Å². The second kappa shape index (κ2) is 16.5. The van der Waals surface area contributed by atoms with E-state index in [1.165, 1.54) is 11.7 Å². The lowest BCUT2D eigenvalue weighted by Crippen LogP contribution is -2.31. The van der Waals surface area contributed by atoms with Crippen molar-refractivity contribution in [1.82, 2.24) is 14.9 Å². The highest BCUT2D eigenvalue weighted by atomic mass is 16.6. The van der Waals surface area contributed by atoms with E-state index in [9.17, 15) is 14.4 Å². The van der Waals surface area contributed by atoms with Crippen molar-refractivity contribution in [2.75, 3.05) is 37.5 Å². The Bertz CT molecular complexity index is 1260. The number of nitrogens with zero attached hydrogens (tertiary/aromatic N) is 2. The van der Waals surface area contributed by atoms with Crippen LogP contribution in [0.1, 0.15) is 47.5 Å². The fraction of sp³-hybridized carbons (Fsp3) is 0.429. The minimum Gasteiger partial charge on any atom is -0.490 e. The highest BCUT2D eigenvalue weighted by molar-refractivity contribution is 5.96. The minimum absolute atomic E-state index is 0.136. The molecule has 2 aromatic carbocycles. The molecule has 3 aromatic rings. The van der Waals surface area contributed by atoms with Crippen LogP contribution in [0.4, 0.5) is 26.0 Å². The zero-order chi connectivity index (χ0) is 29.5. The molecular weight excluding hydrogens is 518 g/mol. The van der Waals surface area contributed by atoms with E-state index in [2.05, 4.69) is 25.7 Å². The number of fused-ring (bicyclic) bond motifs is 1. The Morgan fingerprint density at radius 2 is 1.62 bits per heavy atom. The predicted octanol–water partition coefficient (Wildman–Crippen LogP) is 6.01. The van der Waals surface area contributed by atoms with E-state index in [-0.39, 0.29) is 18.1 Å². The summed E-state index contributed by atoms with van der Waals surface area (Å²) in [5.74, 6) is 1.40. The van der Waals surface area contributed by atoms with E-state index in [1.54, 1.807) is 44.2 Å². The molecule has 0 aliphatic rings. The van der Waals surface area contributed by atoms with E-state index in [0.717, 1.165) is 12.8 Å². The number of amides is 3. The third-order valence-electron chi connectivity index (χ3n) is 5.10. The van der Waals surface area contributed by atoms with E-state index in [1.807, 2.05) is 32.9 Å². The molecule has 12 nitrogen and oxygen atoms in total. The molecular formula is C28H39N5O7. The van der Waals surface area contributed by atoms with Crippen LogP contribution in [0.2, 0.25) is 0 Å². The van der Waals surface area contributed by atoms with Gasteiger partial charge in [-0.25, -0.2) is 23.9 Å². The summed E-state index contributed by atoms with van der Waals surface area (Å²) < 4.78 is 21.8. The molecule has 0 saturated heterocycles. The molecule has 0 aliphatic heterocycles. The molecule has 0 unspecified atom stereocenters. The Labute approximate surface area is 234 Å². The number of rotatable bonds is 10. The highest BCUT2D eigenvalue weighted by Gasteiger charge is 2.18. The number of hydrogen-bond donors (Lipinski definition) is 3. The van der Waals surface area contributed by atoms with Gasteiger partial charge in [0.25, 0.3) is 0 Å². The van der Waals surface area contributed by atoms with Gasteiger partial charge in [-0.3, -0.25) is 10.6 Å². The van der Waals surface area contributed by atoms with Gasteiger partial charge in [-0.15, -0.1) is 0 Å². The number of anilines is 2. The Hall–Kier alpha value is -4.48. The van der Waals surface area contributed by atoms with Crippen LogP contribution in [0, 0.1) is 0 Å². The zero-order valence-electron chi connectivity index (χ0n) is 23.9. The summed E-state index contributed by atoms with van der Waals surface area (Å²) in [5, 5.41) is 7.90. The van der Waals surface area contributed by atoms with Crippen molar-refractivity contribution in [3.8, 4) is 11.5 Å². The summed E-state index contributed by atoms with van der Waals surface area (Å²) in [4.78, 5) is 39.4. The van der Waals surface area contributed by atoms with Crippen LogP contribution < -0.4 is 25.4 Å². The minimum atomic E-state index is -0.673. The van der Waals surface area contributed by atoms with Gasteiger partial charge >= 0.3 is 18.2 Å². The molecule has 0 spiro atoms. The molecule has 1 aromatic heterocycles. The number of nitrogens with one attached hydrogen (secondary N) is 3. The lowest BCUT2D eigenvalue weighted by atomic mass is 10.2. The molecule has 1 heterocycles. The summed E-state index contributed by atoms with van der Waals surface area (Å²) in [5.41, 5.74) is 1.85. The first kappa shape index (κ1) is 31.7. The number of hydrogen-bond acceptors (Lipinski definition) is 8. The Morgan fingerprint density at radius 1 is 0.925 bits per heavy atom. The third-order valence-corrected chi connectivity index (χ3v) is 5.10. The van der Waals surface area contributed by atoms with Gasteiger partial charge in [0.15, 0.2) is 11.5 Å². The molecule has 0 atom stereocenters. The molecule has 40 heavy (non-hydrogen) atoms. The first-order valence-corrected chi connectivity index (χ1v) is 13.2. The van der Waals surface area contributed by atoms with Gasteiger partial charge < -0.3 is 24.3 Å². The molecule has 0 saturated carbocycles. The van der Waals surface area contributed by atoms with Crippen molar-refractivity contribution in [1.29, 1.82) is 0 Å². The fourth-order valence-electron chi connectivity index (χ4n) is 3.40. The number of unbranched alkanes of at least 4 members (excludes halogenated alkanes) is 1. The first-order valence-electron chi connectivity index (χ1n) is 13.2. The van der Waals surface area contributed by atoms with Crippen LogP contribution in [0.3, 0.4) is 0 Å². The van der Waals surface area contributed by atoms with Crippen molar-refractivity contribution in [3.63, 3.8) is 0 Å². The molecule has 3 rings (SSSR count). The average molecular weight is 558 g/mol. The van der Waals surface area contributed by atoms with Crippen molar-refractivity contribution in [2.45, 2.75) is 53.6 Å². The maximum Gasteiger partial charge on any atom is 0.413 e. The summed E-state index contributed by atoms with van der Waals surface area (Å²) >= 11 is 0. The van der Waals surface area contributed by atoms with Crippen LogP contribution in [0.5, 0.6) is 11.5 Å². The number of benzene rings is 2. The SMILES string of the molecule is CCCCNC(=O)n1c(NC(=O)OC)nc2ccccc21.CCOc1ccc(NC(=O)OC(C)C)cc1OCC. The van der Waals surface area contributed by atoms with Crippen LogP contribution in [0.25, 0.3) is 11.0 Å². The standard InChI is InChI=1S/C14H18N4O3.C14H21NO4/c1-3-4-9-15-13(19)18-11-8-6-5-7-10(11)16-12(18)17-14(20)21-2;1-5-17-12-8-7-11(9-13(12)18-6-2)15-14(16)19-10(3)4/h5-8H,3-4,9H2,1-2H3,(H,15,19)(H,16,17,20);7-10H,5-6H2,1-4H3,(H,15,16). The highest BCUT2D eigenvalue weighted by Crippen LogP contribution is 2.30. The third kappa shape index (κ3) is 9.68. The number of carbonyl (C=O) groups excluding carboxylic acids is 3. The first-order chi connectivity index (χ1) is 19.2. The summed E-state index contributed by atoms with van der Waals surface area (Å²) in [6.07, 6.45) is 0.555. The number of para-hydroxylation sites is 2. The van der Waals surface area contributed by atoms with Gasteiger partial charge in [-0.1, -0.05) is 25.5 Å². The van der Waals surface area contributed by atoms with Crippen LogP contribution in [0.15, 0.2) is 42.5 Å². The van der Waals surface area contributed by atoms with Gasteiger partial charge in [-0.2, -0.15) is 0 Å². The molecule has 0 aliphatic carbocycles. The van der Waals surface area contributed by atoms with Crippen LogP contribution in [-0.2, 0) is 9.47 Å². The topological polar surface area (TPSA) is 142 Å². The smallest absolute Gasteiger partial charge is 0.413 e. The van der Waals surface area contributed by atoms with Gasteiger partial charge in [0.1, 0.15) is 0 Å². The number of methoxy groups -OCH3 is 1. The predicted molar refractivity (Wildman–Crippen MR) is 153 cm³/mol. The van der Waals surface area contributed by atoms with E-state index < -0.39 is 12.2 Å². The molecule has 12 heteroatoms. The maximum atomic E-state index is 12.3. The zero-order valence-corrected chi connectivity index (χ0v) is 23.9. The van der Waals surface area contributed by atoms with Crippen molar-refractivity contribution in [3.05, 3.63) is 42.5 Å². The summed E-state index contributed by atoms with van der Waals surface area (Å²) in [6.45, 7) is 11.1. The van der Waals surface area contributed by atoms with Gasteiger partial charge in [0.05, 0.1) is 37.5 Å². The van der Waals surface area contributed by atoms with E-state index in [0.29, 0.717) is 48.0 Å². The number of ether oxygens (including phenoxy) is 4. The number of aromatic nitrogens is 2. The molecule has 3 amide bonds. The average Bonchev–Trinajstić information content (AvgIpc) is 3.28. The molecule has 0 radical (unpaired) electrons. The molecule has 3 N–H and O–H groups in total. The van der Waals surface area contributed by atoms with Crippen molar-refractivity contribution < 1.29 is 33.3 Å². The lowest BCUT2D eigenvalue weighted by molar-refractivity contribution is 0.130. The molecule has 0 fully saturated rings. The Kier molecular flexibility index (Phi) is 13.1. The van der Waals surface area contributed by atoms with E-state index in [4.69, 9.17) is 14.2 Å². The largest absolute Gasteiger partial charge is 0.490 e. The Morgan fingerprint density at radius 3 is 2.27 bits per heavy atom.